The number of aliphatic carboxylic acids is 1. The number of carboxylic acid groups (broad SMARTS) is 1. The van der Waals surface area contributed by atoms with Crippen LogP contribution in [-0.2, 0) is 14.6 Å². The van der Waals surface area contributed by atoms with E-state index >= 15 is 0 Å². The highest BCUT2D eigenvalue weighted by Gasteiger charge is 2.36. The summed E-state index contributed by atoms with van der Waals surface area (Å²) < 4.78 is 23.2. The topological polar surface area (TPSA) is 138 Å². The lowest BCUT2D eigenvalue weighted by molar-refractivity contribution is -0.139. The van der Waals surface area contributed by atoms with Gasteiger partial charge in [0.25, 0.3) is 17.7 Å². The molecule has 0 spiro atoms. The van der Waals surface area contributed by atoms with Crippen LogP contribution in [0.4, 0.5) is 5.69 Å². The normalized spacial score (nSPS) is 14.3. The summed E-state index contributed by atoms with van der Waals surface area (Å²) >= 11 is 0. The molecule has 1 atom stereocenters. The SMILES string of the molecule is CCS(=O)(=O)CCC(NC(=O)c1ccc(N2C(=O)c3ccccc3C2=O)cc1)C(=O)O. The van der Waals surface area contributed by atoms with Gasteiger partial charge in [-0.3, -0.25) is 14.4 Å². The third-order valence-electron chi connectivity index (χ3n) is 4.94. The lowest BCUT2D eigenvalue weighted by Crippen LogP contribution is -2.42. The van der Waals surface area contributed by atoms with Gasteiger partial charge in [0.05, 0.1) is 22.6 Å². The molecule has 10 heteroatoms. The predicted molar refractivity (Wildman–Crippen MR) is 112 cm³/mol. The molecule has 2 aromatic rings. The number of benzene rings is 2. The first-order valence-electron chi connectivity index (χ1n) is 9.46. The molecule has 162 valence electrons. The summed E-state index contributed by atoms with van der Waals surface area (Å²) in [6.45, 7) is 1.46. The minimum atomic E-state index is -3.38. The van der Waals surface area contributed by atoms with E-state index in [1.165, 1.54) is 31.2 Å². The Morgan fingerprint density at radius 2 is 1.55 bits per heavy atom. The van der Waals surface area contributed by atoms with Gasteiger partial charge in [-0.2, -0.15) is 0 Å². The van der Waals surface area contributed by atoms with Crippen LogP contribution in [0.2, 0.25) is 0 Å². The number of carbonyl (C=O) groups is 4. The number of rotatable bonds is 8. The Morgan fingerprint density at radius 1 is 1.00 bits per heavy atom. The summed E-state index contributed by atoms with van der Waals surface area (Å²) in [6.07, 6.45) is -0.260. The fourth-order valence-corrected chi connectivity index (χ4v) is 4.01. The van der Waals surface area contributed by atoms with Gasteiger partial charge in [0.2, 0.25) is 0 Å². The van der Waals surface area contributed by atoms with Gasteiger partial charge >= 0.3 is 5.97 Å². The Labute approximate surface area is 178 Å². The molecule has 9 nitrogen and oxygen atoms in total. The van der Waals surface area contributed by atoms with Gasteiger partial charge in [-0.15, -0.1) is 0 Å². The first-order valence-corrected chi connectivity index (χ1v) is 11.3. The van der Waals surface area contributed by atoms with Crippen molar-refractivity contribution in [1.29, 1.82) is 0 Å². The van der Waals surface area contributed by atoms with E-state index in [1.54, 1.807) is 24.3 Å². The third kappa shape index (κ3) is 4.64. The van der Waals surface area contributed by atoms with Crippen molar-refractivity contribution in [3.63, 3.8) is 0 Å². The molecule has 3 amide bonds. The second-order valence-corrected chi connectivity index (χ2v) is 9.40. The second kappa shape index (κ2) is 8.68. The monoisotopic (exact) mass is 444 g/mol. The summed E-state index contributed by atoms with van der Waals surface area (Å²) in [7, 11) is -3.38. The molecule has 0 aliphatic carbocycles. The summed E-state index contributed by atoms with van der Waals surface area (Å²) in [4.78, 5) is 49.9. The molecule has 0 bridgehead atoms. The standard InChI is InChI=1S/C21H20N2O7S/c1-2-31(29,30)12-11-17(21(27)28)22-18(24)13-7-9-14(10-8-13)23-19(25)15-5-3-4-6-16(15)20(23)26/h3-10,17H,2,11-12H2,1H3,(H,22,24)(H,27,28). The van der Waals surface area contributed by atoms with Gasteiger partial charge < -0.3 is 10.4 Å². The first-order chi connectivity index (χ1) is 14.6. The quantitative estimate of drug-likeness (QED) is 0.588. The molecule has 0 aromatic heterocycles. The van der Waals surface area contributed by atoms with Crippen LogP contribution in [0.25, 0.3) is 0 Å². The molecule has 31 heavy (non-hydrogen) atoms. The number of hydrogen-bond donors (Lipinski definition) is 2. The lowest BCUT2D eigenvalue weighted by Gasteiger charge is -2.16. The van der Waals surface area contributed by atoms with Crippen LogP contribution in [-0.4, -0.2) is 54.8 Å². The minimum Gasteiger partial charge on any atom is -0.480 e. The van der Waals surface area contributed by atoms with Crippen LogP contribution in [0.3, 0.4) is 0 Å². The number of anilines is 1. The zero-order chi connectivity index (χ0) is 22.8. The van der Waals surface area contributed by atoms with Crippen LogP contribution in [0, 0.1) is 0 Å². The van der Waals surface area contributed by atoms with E-state index in [0.29, 0.717) is 11.1 Å². The summed E-state index contributed by atoms with van der Waals surface area (Å²) in [5, 5.41) is 11.6. The Hall–Kier alpha value is -3.53. The number of fused-ring (bicyclic) bond motifs is 1. The van der Waals surface area contributed by atoms with Crippen molar-refractivity contribution in [2.24, 2.45) is 0 Å². The molecule has 1 unspecified atom stereocenters. The molecule has 1 aliphatic heterocycles. The van der Waals surface area contributed by atoms with E-state index in [2.05, 4.69) is 5.32 Å². The number of nitrogens with one attached hydrogen (secondary N) is 1. The summed E-state index contributed by atoms with van der Waals surface area (Å²) in [5.74, 6) is -3.48. The van der Waals surface area contributed by atoms with Gasteiger partial charge in [0.15, 0.2) is 0 Å². The van der Waals surface area contributed by atoms with Crippen LogP contribution < -0.4 is 10.2 Å². The first kappa shape index (κ1) is 22.2. The number of carboxylic acids is 1. The van der Waals surface area contributed by atoms with Crippen molar-refractivity contribution in [3.05, 3.63) is 65.2 Å². The highest BCUT2D eigenvalue weighted by Crippen LogP contribution is 2.28. The van der Waals surface area contributed by atoms with Gasteiger partial charge in [-0.25, -0.2) is 18.1 Å². The fourth-order valence-electron chi connectivity index (χ4n) is 3.13. The number of amides is 3. The molecular weight excluding hydrogens is 424 g/mol. The minimum absolute atomic E-state index is 0.102. The maximum Gasteiger partial charge on any atom is 0.326 e. The maximum atomic E-state index is 12.5. The van der Waals surface area contributed by atoms with E-state index < -0.39 is 39.6 Å². The van der Waals surface area contributed by atoms with E-state index in [1.807, 2.05) is 0 Å². The van der Waals surface area contributed by atoms with Crippen LogP contribution in [0.15, 0.2) is 48.5 Å². The predicted octanol–water partition coefficient (Wildman–Crippen LogP) is 1.49. The molecular formula is C21H20N2O7S. The van der Waals surface area contributed by atoms with Gasteiger partial charge in [0.1, 0.15) is 15.9 Å². The van der Waals surface area contributed by atoms with E-state index in [4.69, 9.17) is 0 Å². The Bertz CT molecular complexity index is 1120. The molecule has 0 fully saturated rings. The van der Waals surface area contributed by atoms with Crippen LogP contribution in [0.1, 0.15) is 44.4 Å². The number of nitrogens with zero attached hydrogens (tertiary/aromatic N) is 1. The molecule has 0 saturated carbocycles. The van der Waals surface area contributed by atoms with E-state index in [-0.39, 0.29) is 29.2 Å². The number of imide groups is 1. The Kier molecular flexibility index (Phi) is 6.21. The van der Waals surface area contributed by atoms with Gasteiger partial charge in [0, 0.05) is 11.3 Å². The second-order valence-electron chi connectivity index (χ2n) is 6.93. The lowest BCUT2D eigenvalue weighted by atomic mass is 10.1. The van der Waals surface area contributed by atoms with E-state index in [0.717, 1.165) is 4.90 Å². The Balaban J connectivity index is 1.72. The molecule has 2 aromatic carbocycles. The average molecular weight is 444 g/mol. The Morgan fingerprint density at radius 3 is 2.03 bits per heavy atom. The summed E-state index contributed by atoms with van der Waals surface area (Å²) in [5.41, 5.74) is 0.956. The van der Waals surface area contributed by atoms with Crippen molar-refractivity contribution in [2.75, 3.05) is 16.4 Å². The van der Waals surface area contributed by atoms with Crippen LogP contribution in [0.5, 0.6) is 0 Å². The highest BCUT2D eigenvalue weighted by atomic mass is 32.2. The zero-order valence-electron chi connectivity index (χ0n) is 16.6. The average Bonchev–Trinajstić information content (AvgIpc) is 3.01. The van der Waals surface area contributed by atoms with Gasteiger partial charge in [-0.1, -0.05) is 19.1 Å². The largest absolute Gasteiger partial charge is 0.480 e. The van der Waals surface area contributed by atoms with Crippen molar-refractivity contribution < 1.29 is 32.7 Å². The molecule has 3 rings (SSSR count). The molecule has 0 saturated heterocycles. The molecule has 1 aliphatic rings. The van der Waals surface area contributed by atoms with Crippen molar-refractivity contribution in [1.82, 2.24) is 5.32 Å². The fraction of sp³-hybridized carbons (Fsp3) is 0.238. The third-order valence-corrected chi connectivity index (χ3v) is 6.68. The van der Waals surface area contributed by atoms with Crippen molar-refractivity contribution in [3.8, 4) is 0 Å². The zero-order valence-corrected chi connectivity index (χ0v) is 17.4. The van der Waals surface area contributed by atoms with Crippen LogP contribution >= 0.6 is 0 Å². The molecule has 2 N–H and O–H groups in total. The smallest absolute Gasteiger partial charge is 0.326 e. The molecule has 0 radical (unpaired) electrons. The number of sulfone groups is 1. The van der Waals surface area contributed by atoms with Crippen molar-refractivity contribution >= 4 is 39.2 Å². The van der Waals surface area contributed by atoms with E-state index in [9.17, 15) is 32.7 Å². The molecule has 1 heterocycles. The van der Waals surface area contributed by atoms with Gasteiger partial charge in [-0.05, 0) is 42.8 Å². The number of hydrogen-bond acceptors (Lipinski definition) is 6. The van der Waals surface area contributed by atoms with Crippen molar-refractivity contribution in [2.45, 2.75) is 19.4 Å². The summed E-state index contributed by atoms with van der Waals surface area (Å²) in [6, 6.07) is 10.6. The highest BCUT2D eigenvalue weighted by molar-refractivity contribution is 7.91. The number of carbonyl (C=O) groups excluding carboxylic acids is 3. The maximum absolute atomic E-state index is 12.5.